The number of alkyl halides is 5. The van der Waals surface area contributed by atoms with E-state index in [0.717, 1.165) is 32.1 Å². The van der Waals surface area contributed by atoms with Gasteiger partial charge in [0.1, 0.15) is 0 Å². The van der Waals surface area contributed by atoms with E-state index in [1.807, 2.05) is 0 Å². The highest BCUT2D eigenvalue weighted by molar-refractivity contribution is 4.75. The third-order valence-electron chi connectivity index (χ3n) is 2.51. The molecule has 0 bridgehead atoms. The van der Waals surface area contributed by atoms with Gasteiger partial charge in [0, 0.05) is 6.42 Å². The molecule has 0 fully saturated rings. The van der Waals surface area contributed by atoms with Crippen molar-refractivity contribution in [1.29, 1.82) is 0 Å². The summed E-state index contributed by atoms with van der Waals surface area (Å²) in [5.74, 6) is -4.52. The summed E-state index contributed by atoms with van der Waals surface area (Å²) in [6.45, 7) is 2.06. The first-order chi connectivity index (χ1) is 7.31. The lowest BCUT2D eigenvalue weighted by atomic mass is 10.1. The molecule has 0 aromatic heterocycles. The first-order valence-corrected chi connectivity index (χ1v) is 5.76. The number of rotatable bonds is 8. The van der Waals surface area contributed by atoms with Crippen molar-refractivity contribution in [2.45, 2.75) is 70.4 Å². The van der Waals surface area contributed by atoms with Crippen LogP contribution in [0.4, 0.5) is 22.0 Å². The van der Waals surface area contributed by atoms with E-state index in [0.29, 0.717) is 6.42 Å². The lowest BCUT2D eigenvalue weighted by Gasteiger charge is -2.19. The first-order valence-electron chi connectivity index (χ1n) is 5.76. The molecule has 0 aliphatic heterocycles. The van der Waals surface area contributed by atoms with E-state index in [9.17, 15) is 22.0 Å². The average Bonchev–Trinajstić information content (AvgIpc) is 2.14. The number of halogens is 5. The fourth-order valence-electron chi connectivity index (χ4n) is 1.45. The molecule has 0 aromatic carbocycles. The molecule has 0 N–H and O–H groups in total. The summed E-state index contributed by atoms with van der Waals surface area (Å²) in [6.07, 6.45) is -1.19. The molecular weight excluding hydrogens is 227 g/mol. The maximum absolute atomic E-state index is 12.4. The van der Waals surface area contributed by atoms with E-state index in [4.69, 9.17) is 0 Å². The zero-order chi connectivity index (χ0) is 12.7. The Morgan fingerprint density at radius 2 is 1.12 bits per heavy atom. The van der Waals surface area contributed by atoms with Gasteiger partial charge in [-0.2, -0.15) is 22.0 Å². The Bertz CT molecular complexity index is 174. The van der Waals surface area contributed by atoms with Crippen LogP contribution in [0.5, 0.6) is 0 Å². The van der Waals surface area contributed by atoms with E-state index in [-0.39, 0.29) is 6.42 Å². The molecule has 0 atom stereocenters. The molecule has 0 saturated carbocycles. The molecule has 0 spiro atoms. The molecule has 0 radical (unpaired) electrons. The summed E-state index contributed by atoms with van der Waals surface area (Å²) in [5, 5.41) is 0. The molecule has 5 heteroatoms. The fraction of sp³-hybridized carbons (Fsp3) is 1.00. The van der Waals surface area contributed by atoms with Gasteiger partial charge in [-0.05, 0) is 6.42 Å². The second-order valence-electron chi connectivity index (χ2n) is 4.07. The predicted octanol–water partition coefficient (Wildman–Crippen LogP) is 5.32. The number of hydrogen-bond acceptors (Lipinski definition) is 0. The normalized spacial score (nSPS) is 13.1. The molecule has 0 rings (SSSR count). The van der Waals surface area contributed by atoms with Gasteiger partial charge in [0.05, 0.1) is 0 Å². The van der Waals surface area contributed by atoms with E-state index in [1.165, 1.54) is 0 Å². The molecule has 16 heavy (non-hydrogen) atoms. The summed E-state index contributed by atoms with van der Waals surface area (Å²) in [7, 11) is 0. The Morgan fingerprint density at radius 1 is 0.688 bits per heavy atom. The molecule has 0 nitrogen and oxygen atoms in total. The zero-order valence-corrected chi connectivity index (χ0v) is 9.55. The van der Waals surface area contributed by atoms with Gasteiger partial charge in [0.25, 0.3) is 0 Å². The van der Waals surface area contributed by atoms with Crippen molar-refractivity contribution in [1.82, 2.24) is 0 Å². The fourth-order valence-corrected chi connectivity index (χ4v) is 1.45. The van der Waals surface area contributed by atoms with Gasteiger partial charge in [-0.25, -0.2) is 0 Å². The van der Waals surface area contributed by atoms with E-state index in [1.54, 1.807) is 0 Å². The van der Waals surface area contributed by atoms with Crippen molar-refractivity contribution in [3.63, 3.8) is 0 Å². The maximum atomic E-state index is 12.4. The van der Waals surface area contributed by atoms with Gasteiger partial charge < -0.3 is 0 Å². The van der Waals surface area contributed by atoms with E-state index < -0.39 is 18.5 Å². The van der Waals surface area contributed by atoms with Crippen LogP contribution < -0.4 is 0 Å². The van der Waals surface area contributed by atoms with Crippen LogP contribution in [-0.4, -0.2) is 12.1 Å². The Hall–Kier alpha value is -0.350. The molecule has 0 heterocycles. The second-order valence-corrected chi connectivity index (χ2v) is 4.07. The monoisotopic (exact) mass is 246 g/mol. The van der Waals surface area contributed by atoms with Crippen LogP contribution in [0.25, 0.3) is 0 Å². The Labute approximate surface area is 93.2 Å². The minimum atomic E-state index is -5.39. The van der Waals surface area contributed by atoms with E-state index >= 15 is 0 Å². The summed E-state index contributed by atoms with van der Waals surface area (Å²) in [5.41, 5.74) is 0. The highest BCUT2D eigenvalue weighted by atomic mass is 19.4. The smallest absolute Gasteiger partial charge is 0.196 e. The molecule has 0 aromatic rings. The van der Waals surface area contributed by atoms with Crippen molar-refractivity contribution < 1.29 is 22.0 Å². The number of unbranched alkanes of at least 4 members (excludes halogenated alkanes) is 6. The molecule has 0 saturated heterocycles. The average molecular weight is 246 g/mol. The molecule has 0 aliphatic carbocycles. The van der Waals surface area contributed by atoms with Crippen LogP contribution in [0.1, 0.15) is 58.3 Å². The molecular formula is C11H19F5. The van der Waals surface area contributed by atoms with Gasteiger partial charge >= 0.3 is 12.1 Å². The minimum absolute atomic E-state index is 0.0569. The molecule has 98 valence electrons. The SMILES string of the molecule is CCCCCCCCCC(F)(F)C(F)(F)F. The predicted molar refractivity (Wildman–Crippen MR) is 53.6 cm³/mol. The van der Waals surface area contributed by atoms with Crippen LogP contribution >= 0.6 is 0 Å². The quantitative estimate of drug-likeness (QED) is 0.401. The highest BCUT2D eigenvalue weighted by Gasteiger charge is 2.56. The Balaban J connectivity index is 3.51. The Morgan fingerprint density at radius 3 is 1.56 bits per heavy atom. The minimum Gasteiger partial charge on any atom is -0.196 e. The third kappa shape index (κ3) is 6.28. The van der Waals surface area contributed by atoms with Crippen molar-refractivity contribution in [3.8, 4) is 0 Å². The standard InChI is InChI=1S/C11H19F5/c1-2-3-4-5-6-7-8-9-10(12,13)11(14,15)16/h2-9H2,1H3. The van der Waals surface area contributed by atoms with Crippen LogP contribution in [0.2, 0.25) is 0 Å². The zero-order valence-electron chi connectivity index (χ0n) is 9.55. The van der Waals surface area contributed by atoms with Gasteiger partial charge in [-0.1, -0.05) is 45.4 Å². The van der Waals surface area contributed by atoms with Crippen molar-refractivity contribution in [3.05, 3.63) is 0 Å². The summed E-state index contributed by atoms with van der Waals surface area (Å²) in [4.78, 5) is 0. The second kappa shape index (κ2) is 7.07. The topological polar surface area (TPSA) is 0 Å². The van der Waals surface area contributed by atoms with Gasteiger partial charge in [0.15, 0.2) is 0 Å². The van der Waals surface area contributed by atoms with Gasteiger partial charge in [-0.3, -0.25) is 0 Å². The van der Waals surface area contributed by atoms with Crippen LogP contribution in [0.3, 0.4) is 0 Å². The Kier molecular flexibility index (Phi) is 6.91. The molecule has 0 aliphatic rings. The van der Waals surface area contributed by atoms with Gasteiger partial charge in [0.2, 0.25) is 0 Å². The molecule has 0 amide bonds. The van der Waals surface area contributed by atoms with Crippen LogP contribution in [-0.2, 0) is 0 Å². The maximum Gasteiger partial charge on any atom is 0.453 e. The van der Waals surface area contributed by atoms with Crippen molar-refractivity contribution in [2.75, 3.05) is 0 Å². The summed E-state index contributed by atoms with van der Waals surface area (Å²) >= 11 is 0. The highest BCUT2D eigenvalue weighted by Crippen LogP contribution is 2.39. The largest absolute Gasteiger partial charge is 0.453 e. The summed E-state index contributed by atoms with van der Waals surface area (Å²) < 4.78 is 60.1. The summed E-state index contributed by atoms with van der Waals surface area (Å²) in [6, 6.07) is 0. The third-order valence-corrected chi connectivity index (χ3v) is 2.51. The van der Waals surface area contributed by atoms with Crippen LogP contribution in [0, 0.1) is 0 Å². The lowest BCUT2D eigenvalue weighted by Crippen LogP contribution is -2.36. The lowest BCUT2D eigenvalue weighted by molar-refractivity contribution is -0.284. The van der Waals surface area contributed by atoms with Crippen molar-refractivity contribution >= 4 is 0 Å². The first kappa shape index (κ1) is 15.7. The van der Waals surface area contributed by atoms with Crippen LogP contribution in [0.15, 0.2) is 0 Å². The van der Waals surface area contributed by atoms with E-state index in [2.05, 4.69) is 6.92 Å². The van der Waals surface area contributed by atoms with Gasteiger partial charge in [-0.15, -0.1) is 0 Å². The van der Waals surface area contributed by atoms with Crippen molar-refractivity contribution in [2.24, 2.45) is 0 Å². The number of hydrogen-bond donors (Lipinski definition) is 0. The molecule has 0 unspecified atom stereocenters.